The molecular weight excluding hydrogens is 515 g/mol. The molecular formula is C28H35FN8O3. The van der Waals surface area contributed by atoms with E-state index in [1.807, 2.05) is 12.1 Å². The molecule has 0 atom stereocenters. The summed E-state index contributed by atoms with van der Waals surface area (Å²) in [6.45, 7) is 6.22. The summed E-state index contributed by atoms with van der Waals surface area (Å²) < 4.78 is 25.7. The lowest BCUT2D eigenvalue weighted by Gasteiger charge is -2.32. The maximum Gasteiger partial charge on any atom is 0.239 e. The minimum Gasteiger partial charge on any atom is -0.493 e. The van der Waals surface area contributed by atoms with Gasteiger partial charge in [0.05, 0.1) is 37.2 Å². The van der Waals surface area contributed by atoms with Crippen LogP contribution in [0.4, 0.5) is 15.9 Å². The number of hydrogen-bond donors (Lipinski definition) is 2. The standard InChI is InChI=1S/C28H35FN8O3/c1-34-8-10-35(11-9-34)7-4-12-40-26-15-24-23(14-25(26)39-2)28(32-19-31-24)33-21-16-36(18-27(30)38)37(17-21)22-6-3-5-20(29)13-22/h3,5-6,13-16,19H,4,7-12,17-18H2,1-2H3,(H2,30,38)(H,31,32,33). The van der Waals surface area contributed by atoms with Crippen LogP contribution in [0, 0.1) is 5.82 Å². The number of rotatable bonds is 11. The number of carbonyl (C=O) groups is 1. The predicted molar refractivity (Wildman–Crippen MR) is 151 cm³/mol. The Labute approximate surface area is 232 Å². The fourth-order valence-corrected chi connectivity index (χ4v) is 4.91. The summed E-state index contributed by atoms with van der Waals surface area (Å²) in [7, 11) is 3.76. The van der Waals surface area contributed by atoms with Crippen molar-refractivity contribution in [2.75, 3.05) is 76.9 Å². The lowest BCUT2D eigenvalue weighted by molar-refractivity contribution is -0.118. The first kappa shape index (κ1) is 27.4. The van der Waals surface area contributed by atoms with E-state index in [1.54, 1.807) is 35.5 Å². The number of primary amides is 1. The lowest BCUT2D eigenvalue weighted by Crippen LogP contribution is -2.44. The average Bonchev–Trinajstić information content (AvgIpc) is 3.33. The van der Waals surface area contributed by atoms with Gasteiger partial charge < -0.3 is 30.3 Å². The molecule has 2 aliphatic heterocycles. The fraction of sp³-hybridized carbons (Fsp3) is 0.393. The number of nitrogens with two attached hydrogens (primary N) is 1. The van der Waals surface area contributed by atoms with Crippen molar-refractivity contribution in [2.24, 2.45) is 5.73 Å². The Balaban J connectivity index is 1.29. The highest BCUT2D eigenvalue weighted by atomic mass is 19.1. The molecule has 2 aromatic carbocycles. The van der Waals surface area contributed by atoms with Crippen LogP contribution in [0.25, 0.3) is 10.9 Å². The molecule has 0 aliphatic carbocycles. The summed E-state index contributed by atoms with van der Waals surface area (Å²) in [6, 6.07) is 9.88. The highest BCUT2D eigenvalue weighted by molar-refractivity contribution is 5.92. The molecule has 0 bridgehead atoms. The Morgan fingerprint density at radius 1 is 1.12 bits per heavy atom. The Morgan fingerprint density at radius 2 is 1.95 bits per heavy atom. The summed E-state index contributed by atoms with van der Waals surface area (Å²) in [5.41, 5.74) is 7.50. The number of anilines is 2. The van der Waals surface area contributed by atoms with Crippen molar-refractivity contribution in [3.05, 3.63) is 60.4 Å². The molecule has 12 heteroatoms. The zero-order chi connectivity index (χ0) is 28.1. The highest BCUT2D eigenvalue weighted by Gasteiger charge is 2.25. The summed E-state index contributed by atoms with van der Waals surface area (Å²) in [4.78, 5) is 25.4. The Morgan fingerprint density at radius 3 is 2.70 bits per heavy atom. The van der Waals surface area contributed by atoms with Gasteiger partial charge in [-0.15, -0.1) is 0 Å². The topological polar surface area (TPSA) is 112 Å². The van der Waals surface area contributed by atoms with E-state index >= 15 is 0 Å². The second-order valence-electron chi connectivity index (χ2n) is 9.97. The third kappa shape index (κ3) is 6.52. The van der Waals surface area contributed by atoms with Gasteiger partial charge in [0.25, 0.3) is 0 Å². The zero-order valence-electron chi connectivity index (χ0n) is 22.8. The van der Waals surface area contributed by atoms with Gasteiger partial charge >= 0.3 is 0 Å². The van der Waals surface area contributed by atoms with Crippen molar-refractivity contribution >= 4 is 28.3 Å². The number of piperazine rings is 1. The summed E-state index contributed by atoms with van der Waals surface area (Å²) in [6.07, 6.45) is 4.16. The molecule has 0 spiro atoms. The molecule has 1 amide bonds. The van der Waals surface area contributed by atoms with Crippen molar-refractivity contribution < 1.29 is 18.7 Å². The van der Waals surface area contributed by atoms with Gasteiger partial charge in [0.2, 0.25) is 5.91 Å². The van der Waals surface area contributed by atoms with E-state index in [2.05, 4.69) is 32.1 Å². The van der Waals surface area contributed by atoms with Gasteiger partial charge in [0.1, 0.15) is 24.5 Å². The molecule has 3 heterocycles. The van der Waals surface area contributed by atoms with Crippen LogP contribution in [0.15, 0.2) is 54.6 Å². The van der Waals surface area contributed by atoms with E-state index in [1.165, 1.54) is 18.5 Å². The number of nitrogens with one attached hydrogen (secondary N) is 1. The number of likely N-dealkylation sites (N-methyl/N-ethyl adjacent to an activating group) is 1. The Hall–Kier alpha value is -4.16. The maximum atomic E-state index is 13.9. The summed E-state index contributed by atoms with van der Waals surface area (Å²) in [5.74, 6) is 0.901. The van der Waals surface area contributed by atoms with Crippen molar-refractivity contribution in [2.45, 2.75) is 6.42 Å². The number of aromatic nitrogens is 2. The molecule has 212 valence electrons. The minimum absolute atomic E-state index is 0.0600. The number of hydrazine groups is 1. The second kappa shape index (κ2) is 12.3. The largest absolute Gasteiger partial charge is 0.493 e. The quantitative estimate of drug-likeness (QED) is 0.345. The number of methoxy groups -OCH3 is 1. The number of benzene rings is 2. The van der Waals surface area contributed by atoms with Crippen LogP contribution in [0.5, 0.6) is 11.5 Å². The number of fused-ring (bicyclic) bond motifs is 1. The van der Waals surface area contributed by atoms with Crippen LogP contribution in [0.1, 0.15) is 6.42 Å². The van der Waals surface area contributed by atoms with Crippen LogP contribution in [-0.4, -0.2) is 97.3 Å². The van der Waals surface area contributed by atoms with Gasteiger partial charge in [0.15, 0.2) is 11.5 Å². The zero-order valence-corrected chi connectivity index (χ0v) is 22.8. The molecule has 1 aromatic heterocycles. The SMILES string of the molecule is COc1cc2c(NC3=CN(CC(N)=O)N(c4cccc(F)c4)C3)ncnc2cc1OCCCN1CCN(C)CC1. The first-order chi connectivity index (χ1) is 19.4. The number of ether oxygens (including phenoxy) is 2. The molecule has 0 radical (unpaired) electrons. The van der Waals surface area contributed by atoms with Crippen LogP contribution in [0.2, 0.25) is 0 Å². The van der Waals surface area contributed by atoms with Crippen LogP contribution in [0.3, 0.4) is 0 Å². The normalized spacial score (nSPS) is 16.3. The molecule has 5 rings (SSSR count). The molecule has 11 nitrogen and oxygen atoms in total. The van der Waals surface area contributed by atoms with Crippen molar-refractivity contribution in [3.8, 4) is 11.5 Å². The first-order valence-electron chi connectivity index (χ1n) is 13.3. The van der Waals surface area contributed by atoms with Crippen molar-refractivity contribution in [3.63, 3.8) is 0 Å². The number of nitrogens with zero attached hydrogens (tertiary/aromatic N) is 6. The van der Waals surface area contributed by atoms with Crippen LogP contribution >= 0.6 is 0 Å². The van der Waals surface area contributed by atoms with E-state index in [-0.39, 0.29) is 12.4 Å². The van der Waals surface area contributed by atoms with Gasteiger partial charge in [-0.25, -0.2) is 14.4 Å². The maximum absolute atomic E-state index is 13.9. The molecule has 3 aromatic rings. The average molecular weight is 551 g/mol. The Bertz CT molecular complexity index is 1380. The van der Waals surface area contributed by atoms with Gasteiger partial charge in [-0.05, 0) is 37.7 Å². The number of amides is 1. The van der Waals surface area contributed by atoms with E-state index < -0.39 is 5.91 Å². The molecule has 40 heavy (non-hydrogen) atoms. The molecule has 1 saturated heterocycles. The molecule has 1 fully saturated rings. The summed E-state index contributed by atoms with van der Waals surface area (Å²) in [5, 5.41) is 7.51. The first-order valence-corrected chi connectivity index (χ1v) is 13.3. The van der Waals surface area contributed by atoms with Gasteiger partial charge in [-0.1, -0.05) is 6.07 Å². The minimum atomic E-state index is -0.507. The number of carbonyl (C=O) groups excluding carboxylic acids is 1. The Kier molecular flexibility index (Phi) is 8.46. The van der Waals surface area contributed by atoms with E-state index in [9.17, 15) is 9.18 Å². The molecule has 3 N–H and O–H groups in total. The molecule has 0 unspecified atom stereocenters. The van der Waals surface area contributed by atoms with Crippen LogP contribution < -0.4 is 25.5 Å². The van der Waals surface area contributed by atoms with Crippen LogP contribution in [-0.2, 0) is 4.79 Å². The monoisotopic (exact) mass is 550 g/mol. The molecule has 2 aliphatic rings. The second-order valence-corrected chi connectivity index (χ2v) is 9.97. The lowest BCUT2D eigenvalue weighted by atomic mass is 10.2. The van der Waals surface area contributed by atoms with E-state index in [4.69, 9.17) is 15.2 Å². The summed E-state index contributed by atoms with van der Waals surface area (Å²) >= 11 is 0. The van der Waals surface area contributed by atoms with E-state index in [0.717, 1.165) is 50.2 Å². The van der Waals surface area contributed by atoms with Crippen molar-refractivity contribution in [1.29, 1.82) is 0 Å². The van der Waals surface area contributed by atoms with Crippen molar-refractivity contribution in [1.82, 2.24) is 24.8 Å². The highest BCUT2D eigenvalue weighted by Crippen LogP contribution is 2.35. The van der Waals surface area contributed by atoms with E-state index in [0.29, 0.717) is 41.7 Å². The predicted octanol–water partition coefficient (Wildman–Crippen LogP) is 2.27. The fourth-order valence-electron chi connectivity index (χ4n) is 4.91. The van der Waals surface area contributed by atoms with Gasteiger partial charge in [-0.3, -0.25) is 14.8 Å². The molecule has 0 saturated carbocycles. The smallest absolute Gasteiger partial charge is 0.239 e. The third-order valence-electron chi connectivity index (χ3n) is 7.03. The third-order valence-corrected chi connectivity index (χ3v) is 7.03. The number of halogens is 1. The van der Waals surface area contributed by atoms with Gasteiger partial charge in [-0.2, -0.15) is 0 Å². The van der Waals surface area contributed by atoms with Gasteiger partial charge in [0, 0.05) is 50.4 Å². The number of hydrogen-bond acceptors (Lipinski definition) is 10.